The Balaban J connectivity index is 2.00. The number of rotatable bonds is 5. The molecular weight excluding hydrogens is 280 g/mol. The molecule has 0 heterocycles. The average molecular weight is 298 g/mol. The minimum atomic E-state index is -3.57. The summed E-state index contributed by atoms with van der Waals surface area (Å²) in [5.74, 6) is 0.400. The first-order valence-electron chi connectivity index (χ1n) is 6.73. The van der Waals surface area contributed by atoms with E-state index in [1.807, 2.05) is 0 Å². The zero-order valence-electron chi connectivity index (χ0n) is 11.1. The molecule has 0 aliphatic heterocycles. The molecule has 20 heavy (non-hydrogen) atoms. The number of nitrogens with zero attached hydrogens (tertiary/aromatic N) is 1. The molecule has 0 aromatic heterocycles. The Morgan fingerprint density at radius 3 is 2.30 bits per heavy atom. The van der Waals surface area contributed by atoms with Crippen molar-refractivity contribution in [2.45, 2.75) is 37.0 Å². The molecule has 2 rings (SSSR count). The molecule has 0 radical (unpaired) electrons. The van der Waals surface area contributed by atoms with E-state index >= 15 is 0 Å². The normalized spacial score (nSPS) is 17.0. The van der Waals surface area contributed by atoms with Crippen molar-refractivity contribution in [3.63, 3.8) is 0 Å². The Morgan fingerprint density at radius 2 is 1.75 bits per heavy atom. The van der Waals surface area contributed by atoms with E-state index in [9.17, 15) is 18.5 Å². The lowest BCUT2D eigenvalue weighted by Crippen LogP contribution is -2.30. The van der Waals surface area contributed by atoms with Gasteiger partial charge in [-0.25, -0.2) is 13.1 Å². The summed E-state index contributed by atoms with van der Waals surface area (Å²) in [6.45, 7) is 0.444. The van der Waals surface area contributed by atoms with Gasteiger partial charge < -0.3 is 0 Å². The monoisotopic (exact) mass is 298 g/mol. The topological polar surface area (TPSA) is 89.3 Å². The number of nitrogens with one attached hydrogen (secondary N) is 1. The van der Waals surface area contributed by atoms with Crippen LogP contribution in [0.15, 0.2) is 29.2 Å². The third kappa shape index (κ3) is 3.77. The van der Waals surface area contributed by atoms with E-state index in [0.717, 1.165) is 25.7 Å². The molecule has 1 N–H and O–H groups in total. The second kappa shape index (κ2) is 6.32. The average Bonchev–Trinajstić information content (AvgIpc) is 2.46. The fourth-order valence-electron chi connectivity index (χ4n) is 2.45. The lowest BCUT2D eigenvalue weighted by molar-refractivity contribution is -0.384. The van der Waals surface area contributed by atoms with Gasteiger partial charge in [-0.15, -0.1) is 0 Å². The standard InChI is InChI=1S/C13H18N2O4S/c16-15(17)12-6-8-13(9-7-12)20(18,19)14-10-11-4-2-1-3-5-11/h6-9,11,14H,1-5,10H2. The largest absolute Gasteiger partial charge is 0.269 e. The minimum Gasteiger partial charge on any atom is -0.258 e. The Hall–Kier alpha value is -1.47. The molecule has 0 amide bonds. The van der Waals surface area contributed by atoms with E-state index in [4.69, 9.17) is 0 Å². The molecule has 6 nitrogen and oxygen atoms in total. The van der Waals surface area contributed by atoms with Gasteiger partial charge in [0.05, 0.1) is 9.82 Å². The summed E-state index contributed by atoms with van der Waals surface area (Å²) in [7, 11) is -3.57. The maximum atomic E-state index is 12.1. The smallest absolute Gasteiger partial charge is 0.258 e. The van der Waals surface area contributed by atoms with Gasteiger partial charge in [0, 0.05) is 18.7 Å². The molecule has 110 valence electrons. The fourth-order valence-corrected chi connectivity index (χ4v) is 3.57. The molecule has 1 aliphatic rings. The van der Waals surface area contributed by atoms with E-state index in [0.29, 0.717) is 12.5 Å². The van der Waals surface area contributed by atoms with Gasteiger partial charge in [0.15, 0.2) is 0 Å². The lowest BCUT2D eigenvalue weighted by atomic mass is 9.90. The SMILES string of the molecule is O=[N+]([O-])c1ccc(S(=O)(=O)NCC2CCCCC2)cc1. The Bertz CT molecular complexity index is 563. The number of hydrogen-bond donors (Lipinski definition) is 1. The highest BCUT2D eigenvalue weighted by Crippen LogP contribution is 2.23. The maximum Gasteiger partial charge on any atom is 0.269 e. The third-order valence-corrected chi connectivity index (χ3v) is 5.08. The van der Waals surface area contributed by atoms with E-state index in [1.165, 1.54) is 30.7 Å². The molecule has 0 atom stereocenters. The van der Waals surface area contributed by atoms with Crippen molar-refractivity contribution in [2.75, 3.05) is 6.54 Å². The predicted molar refractivity (Wildman–Crippen MR) is 74.9 cm³/mol. The summed E-state index contributed by atoms with van der Waals surface area (Å²) in [6.07, 6.45) is 5.66. The van der Waals surface area contributed by atoms with Crippen LogP contribution in [-0.2, 0) is 10.0 Å². The molecule has 1 saturated carbocycles. The summed E-state index contributed by atoms with van der Waals surface area (Å²) in [5.41, 5.74) is -0.115. The summed E-state index contributed by atoms with van der Waals surface area (Å²) in [6, 6.07) is 4.94. The second-order valence-electron chi connectivity index (χ2n) is 5.11. The van der Waals surface area contributed by atoms with Crippen LogP contribution in [0.2, 0.25) is 0 Å². The molecule has 7 heteroatoms. The molecule has 0 unspecified atom stereocenters. The van der Waals surface area contributed by atoms with Crippen LogP contribution in [0.5, 0.6) is 0 Å². The molecule has 1 aliphatic carbocycles. The van der Waals surface area contributed by atoms with Gasteiger partial charge in [0.25, 0.3) is 5.69 Å². The van der Waals surface area contributed by atoms with Crippen molar-refractivity contribution >= 4 is 15.7 Å². The zero-order valence-corrected chi connectivity index (χ0v) is 11.9. The highest BCUT2D eigenvalue weighted by molar-refractivity contribution is 7.89. The molecule has 0 bridgehead atoms. The van der Waals surface area contributed by atoms with Crippen LogP contribution in [0.3, 0.4) is 0 Å². The van der Waals surface area contributed by atoms with Crippen LogP contribution in [-0.4, -0.2) is 19.9 Å². The number of sulfonamides is 1. The van der Waals surface area contributed by atoms with Gasteiger partial charge in [-0.3, -0.25) is 10.1 Å². The first-order chi connectivity index (χ1) is 9.49. The van der Waals surface area contributed by atoms with Gasteiger partial charge in [-0.1, -0.05) is 19.3 Å². The van der Waals surface area contributed by atoms with Crippen LogP contribution in [0.1, 0.15) is 32.1 Å². The lowest BCUT2D eigenvalue weighted by Gasteiger charge is -2.21. The molecular formula is C13H18N2O4S. The third-order valence-electron chi connectivity index (χ3n) is 3.64. The van der Waals surface area contributed by atoms with Crippen LogP contribution in [0.4, 0.5) is 5.69 Å². The van der Waals surface area contributed by atoms with E-state index in [2.05, 4.69) is 4.72 Å². The van der Waals surface area contributed by atoms with Crippen molar-refractivity contribution < 1.29 is 13.3 Å². The van der Waals surface area contributed by atoms with Crippen molar-refractivity contribution in [3.8, 4) is 0 Å². The van der Waals surface area contributed by atoms with Crippen molar-refractivity contribution in [2.24, 2.45) is 5.92 Å². The van der Waals surface area contributed by atoms with Crippen molar-refractivity contribution in [1.29, 1.82) is 0 Å². The van der Waals surface area contributed by atoms with Crippen LogP contribution < -0.4 is 4.72 Å². The minimum absolute atomic E-state index is 0.0684. The van der Waals surface area contributed by atoms with Crippen LogP contribution >= 0.6 is 0 Å². The highest BCUT2D eigenvalue weighted by atomic mass is 32.2. The highest BCUT2D eigenvalue weighted by Gasteiger charge is 2.19. The van der Waals surface area contributed by atoms with Gasteiger partial charge in [-0.05, 0) is 30.9 Å². The van der Waals surface area contributed by atoms with E-state index in [-0.39, 0.29) is 10.6 Å². The van der Waals surface area contributed by atoms with Crippen LogP contribution in [0, 0.1) is 16.0 Å². The quantitative estimate of drug-likeness (QED) is 0.668. The van der Waals surface area contributed by atoms with Gasteiger partial charge >= 0.3 is 0 Å². The number of hydrogen-bond acceptors (Lipinski definition) is 4. The Labute approximate surface area is 118 Å². The molecule has 0 saturated heterocycles. The molecule has 1 aromatic carbocycles. The van der Waals surface area contributed by atoms with E-state index in [1.54, 1.807) is 0 Å². The summed E-state index contributed by atoms with van der Waals surface area (Å²) < 4.78 is 26.7. The Kier molecular flexibility index (Phi) is 4.72. The zero-order chi connectivity index (χ0) is 14.6. The first-order valence-corrected chi connectivity index (χ1v) is 8.21. The maximum absolute atomic E-state index is 12.1. The van der Waals surface area contributed by atoms with E-state index < -0.39 is 14.9 Å². The molecule has 1 fully saturated rings. The molecule has 1 aromatic rings. The summed E-state index contributed by atoms with van der Waals surface area (Å²) in [5, 5.41) is 10.5. The summed E-state index contributed by atoms with van der Waals surface area (Å²) in [4.78, 5) is 10.1. The number of non-ortho nitro benzene ring substituents is 1. The number of nitro benzene ring substituents is 1. The summed E-state index contributed by atoms with van der Waals surface area (Å²) >= 11 is 0. The number of benzene rings is 1. The van der Waals surface area contributed by atoms with Gasteiger partial charge in [-0.2, -0.15) is 0 Å². The Morgan fingerprint density at radius 1 is 1.15 bits per heavy atom. The number of nitro groups is 1. The van der Waals surface area contributed by atoms with Crippen LogP contribution in [0.25, 0.3) is 0 Å². The van der Waals surface area contributed by atoms with Crippen molar-refractivity contribution in [1.82, 2.24) is 4.72 Å². The molecule has 0 spiro atoms. The van der Waals surface area contributed by atoms with Gasteiger partial charge in [0.2, 0.25) is 10.0 Å². The fraction of sp³-hybridized carbons (Fsp3) is 0.538. The van der Waals surface area contributed by atoms with Gasteiger partial charge in [0.1, 0.15) is 0 Å². The second-order valence-corrected chi connectivity index (χ2v) is 6.87. The predicted octanol–water partition coefficient (Wildman–Crippen LogP) is 2.45. The van der Waals surface area contributed by atoms with Crippen molar-refractivity contribution in [3.05, 3.63) is 34.4 Å². The first kappa shape index (κ1) is 14.9.